The van der Waals surface area contributed by atoms with Gasteiger partial charge < -0.3 is 5.32 Å². The number of fused-ring (bicyclic) bond motifs is 1. The van der Waals surface area contributed by atoms with Crippen LogP contribution in [-0.2, 0) is 10.0 Å². The molecule has 0 amide bonds. The van der Waals surface area contributed by atoms with Crippen LogP contribution in [0.15, 0.2) is 53.7 Å². The lowest BCUT2D eigenvalue weighted by Gasteiger charge is -2.10. The van der Waals surface area contributed by atoms with Crippen LogP contribution < -0.4 is 10.0 Å². The highest BCUT2D eigenvalue weighted by Crippen LogP contribution is 2.18. The second-order valence-electron chi connectivity index (χ2n) is 5.14. The molecular weight excluding hydrogens is 350 g/mol. The van der Waals surface area contributed by atoms with E-state index in [0.717, 1.165) is 23.0 Å². The third kappa shape index (κ3) is 3.89. The number of anilines is 1. The molecule has 25 heavy (non-hydrogen) atoms. The number of sulfonamides is 1. The van der Waals surface area contributed by atoms with Crippen molar-refractivity contribution in [2.45, 2.75) is 4.90 Å². The van der Waals surface area contributed by atoms with Gasteiger partial charge in [0.25, 0.3) is 0 Å². The molecule has 0 spiro atoms. The first-order chi connectivity index (χ1) is 12.0. The highest BCUT2D eigenvalue weighted by Gasteiger charge is 2.18. The molecule has 0 aliphatic heterocycles. The Labute approximate surface area is 143 Å². The average Bonchev–Trinajstić information content (AvgIpc) is 2.58. The van der Waals surface area contributed by atoms with Crippen molar-refractivity contribution in [1.82, 2.24) is 14.7 Å². The summed E-state index contributed by atoms with van der Waals surface area (Å²) in [5, 5.41) is 3.81. The Balaban J connectivity index is 1.64. The van der Waals surface area contributed by atoms with E-state index in [9.17, 15) is 17.2 Å². The molecule has 6 nitrogen and oxygen atoms in total. The standard InChI is InChI=1S/C16H14F2N4O2S/c17-11-5-6-15(13(18)9-11)25(23,24)22-8-7-19-16-12-3-1-2-4-14(12)20-10-21-16/h1-6,9-10,22H,7-8H2,(H,19,20,21). The zero-order chi connectivity index (χ0) is 17.9. The molecule has 0 radical (unpaired) electrons. The Kier molecular flexibility index (Phi) is 4.86. The van der Waals surface area contributed by atoms with Crippen LogP contribution in [0, 0.1) is 11.6 Å². The molecule has 3 rings (SSSR count). The van der Waals surface area contributed by atoms with Crippen molar-refractivity contribution >= 4 is 26.7 Å². The number of aromatic nitrogens is 2. The van der Waals surface area contributed by atoms with Crippen molar-refractivity contribution in [3.8, 4) is 0 Å². The summed E-state index contributed by atoms with van der Waals surface area (Å²) in [4.78, 5) is 7.66. The molecule has 3 aromatic rings. The minimum absolute atomic E-state index is 0.00250. The zero-order valence-corrected chi connectivity index (χ0v) is 13.7. The zero-order valence-electron chi connectivity index (χ0n) is 12.9. The number of hydrogen-bond donors (Lipinski definition) is 2. The predicted molar refractivity (Wildman–Crippen MR) is 89.6 cm³/mol. The van der Waals surface area contributed by atoms with Crippen LogP contribution in [0.4, 0.5) is 14.6 Å². The van der Waals surface area contributed by atoms with Gasteiger partial charge in [-0.05, 0) is 24.3 Å². The fourth-order valence-electron chi connectivity index (χ4n) is 2.28. The first-order valence-corrected chi connectivity index (χ1v) is 8.84. The number of benzene rings is 2. The maximum absolute atomic E-state index is 13.6. The van der Waals surface area contributed by atoms with Gasteiger partial charge in [0.15, 0.2) is 0 Å². The third-order valence-electron chi connectivity index (χ3n) is 3.44. The Hall–Kier alpha value is -2.65. The smallest absolute Gasteiger partial charge is 0.243 e. The number of halogens is 2. The lowest BCUT2D eigenvalue weighted by molar-refractivity contribution is 0.543. The van der Waals surface area contributed by atoms with E-state index < -0.39 is 26.6 Å². The number of para-hydroxylation sites is 1. The molecule has 0 aliphatic rings. The molecule has 0 atom stereocenters. The van der Waals surface area contributed by atoms with Crippen LogP contribution in [0.5, 0.6) is 0 Å². The van der Waals surface area contributed by atoms with Crippen molar-refractivity contribution in [3.63, 3.8) is 0 Å². The molecule has 1 heterocycles. The SMILES string of the molecule is O=S(=O)(NCCNc1ncnc2ccccc12)c1ccc(F)cc1F. The number of nitrogens with zero attached hydrogens (tertiary/aromatic N) is 2. The normalized spacial score (nSPS) is 11.6. The summed E-state index contributed by atoms with van der Waals surface area (Å²) >= 11 is 0. The van der Waals surface area contributed by atoms with E-state index in [1.54, 1.807) is 0 Å². The molecule has 0 unspecified atom stereocenters. The van der Waals surface area contributed by atoms with Crippen LogP contribution >= 0.6 is 0 Å². The van der Waals surface area contributed by atoms with Crippen LogP contribution in [-0.4, -0.2) is 31.5 Å². The second-order valence-corrected chi connectivity index (χ2v) is 6.87. The van der Waals surface area contributed by atoms with Gasteiger partial charge in [-0.15, -0.1) is 0 Å². The van der Waals surface area contributed by atoms with Crippen molar-refractivity contribution < 1.29 is 17.2 Å². The molecule has 0 aliphatic carbocycles. The Morgan fingerprint density at radius 2 is 1.80 bits per heavy atom. The van der Waals surface area contributed by atoms with Crippen LogP contribution in [0.3, 0.4) is 0 Å². The first kappa shape index (κ1) is 17.2. The Morgan fingerprint density at radius 1 is 1.00 bits per heavy atom. The summed E-state index contributed by atoms with van der Waals surface area (Å²) < 4.78 is 52.9. The van der Waals surface area contributed by atoms with Gasteiger partial charge in [-0.1, -0.05) is 12.1 Å². The van der Waals surface area contributed by atoms with Gasteiger partial charge in [-0.25, -0.2) is 31.9 Å². The largest absolute Gasteiger partial charge is 0.368 e. The summed E-state index contributed by atoms with van der Waals surface area (Å²) in [5.41, 5.74) is 0.758. The molecule has 2 aromatic carbocycles. The highest BCUT2D eigenvalue weighted by atomic mass is 32.2. The predicted octanol–water partition coefficient (Wildman–Crippen LogP) is 2.30. The van der Waals surface area contributed by atoms with E-state index in [0.29, 0.717) is 11.9 Å². The van der Waals surface area contributed by atoms with Crippen molar-refractivity contribution in [3.05, 3.63) is 60.4 Å². The van der Waals surface area contributed by atoms with Crippen LogP contribution in [0.1, 0.15) is 0 Å². The minimum atomic E-state index is -4.07. The summed E-state index contributed by atoms with van der Waals surface area (Å²) in [6.07, 6.45) is 1.41. The molecule has 9 heteroatoms. The molecule has 1 aromatic heterocycles. The molecule has 2 N–H and O–H groups in total. The van der Waals surface area contributed by atoms with Gasteiger partial charge >= 0.3 is 0 Å². The molecule has 0 saturated heterocycles. The van der Waals surface area contributed by atoms with Crippen LogP contribution in [0.2, 0.25) is 0 Å². The maximum Gasteiger partial charge on any atom is 0.243 e. The summed E-state index contributed by atoms with van der Waals surface area (Å²) in [5.74, 6) is -1.41. The van der Waals surface area contributed by atoms with Crippen molar-refractivity contribution in [2.24, 2.45) is 0 Å². The molecule has 0 fully saturated rings. The Morgan fingerprint density at radius 3 is 2.60 bits per heavy atom. The first-order valence-electron chi connectivity index (χ1n) is 7.36. The maximum atomic E-state index is 13.6. The monoisotopic (exact) mass is 364 g/mol. The molecule has 0 bridgehead atoms. The number of hydrogen-bond acceptors (Lipinski definition) is 5. The number of nitrogens with one attached hydrogen (secondary N) is 2. The topological polar surface area (TPSA) is 84.0 Å². The summed E-state index contributed by atoms with van der Waals surface area (Å²) in [6.45, 7) is 0.223. The lowest BCUT2D eigenvalue weighted by atomic mass is 10.2. The van der Waals surface area contributed by atoms with Gasteiger partial charge in [-0.2, -0.15) is 0 Å². The second kappa shape index (κ2) is 7.08. The molecule has 0 saturated carbocycles. The van der Waals surface area contributed by atoms with Gasteiger partial charge in [0.2, 0.25) is 10.0 Å². The van der Waals surface area contributed by atoms with Crippen molar-refractivity contribution in [1.29, 1.82) is 0 Å². The minimum Gasteiger partial charge on any atom is -0.368 e. The van der Waals surface area contributed by atoms with E-state index >= 15 is 0 Å². The van der Waals surface area contributed by atoms with E-state index in [1.807, 2.05) is 24.3 Å². The highest BCUT2D eigenvalue weighted by molar-refractivity contribution is 7.89. The van der Waals surface area contributed by atoms with E-state index in [2.05, 4.69) is 20.0 Å². The fourth-order valence-corrected chi connectivity index (χ4v) is 3.37. The molecule has 130 valence electrons. The van der Waals surface area contributed by atoms with Crippen molar-refractivity contribution in [2.75, 3.05) is 18.4 Å². The van der Waals surface area contributed by atoms with Gasteiger partial charge in [0.1, 0.15) is 28.7 Å². The van der Waals surface area contributed by atoms with Gasteiger partial charge in [-0.3, -0.25) is 0 Å². The Bertz CT molecular complexity index is 1010. The third-order valence-corrected chi connectivity index (χ3v) is 4.93. The van der Waals surface area contributed by atoms with E-state index in [1.165, 1.54) is 6.33 Å². The number of rotatable bonds is 6. The van der Waals surface area contributed by atoms with E-state index in [4.69, 9.17) is 0 Å². The summed E-state index contributed by atoms with van der Waals surface area (Å²) in [6, 6.07) is 9.68. The van der Waals surface area contributed by atoms with E-state index in [-0.39, 0.29) is 13.1 Å². The average molecular weight is 364 g/mol. The molecular formula is C16H14F2N4O2S. The fraction of sp³-hybridized carbons (Fsp3) is 0.125. The van der Waals surface area contributed by atoms with Crippen LogP contribution in [0.25, 0.3) is 10.9 Å². The lowest BCUT2D eigenvalue weighted by Crippen LogP contribution is -2.29. The van der Waals surface area contributed by atoms with Gasteiger partial charge in [0, 0.05) is 24.5 Å². The van der Waals surface area contributed by atoms with Gasteiger partial charge in [0.05, 0.1) is 5.52 Å². The summed E-state index contributed by atoms with van der Waals surface area (Å²) in [7, 11) is -4.07. The quantitative estimate of drug-likeness (QED) is 0.656.